The first-order chi connectivity index (χ1) is 10.7. The molecular weight excluding hydrogens is 282 g/mol. The van der Waals surface area contributed by atoms with Gasteiger partial charge in [-0.15, -0.1) is 0 Å². The molecule has 0 N–H and O–H groups in total. The largest absolute Gasteiger partial charge is 0.486 e. The van der Waals surface area contributed by atoms with Crippen LogP contribution in [-0.2, 0) is 4.79 Å². The summed E-state index contributed by atoms with van der Waals surface area (Å²) in [4.78, 5) is 13.7. The minimum atomic E-state index is -0.124. The number of nitrogens with zero attached hydrogens (tertiary/aromatic N) is 1. The van der Waals surface area contributed by atoms with Crippen LogP contribution in [0.2, 0.25) is 0 Å². The molecule has 5 nitrogen and oxygen atoms in total. The van der Waals surface area contributed by atoms with Gasteiger partial charge in [-0.05, 0) is 24.3 Å². The number of amides is 1. The molecule has 0 spiro atoms. The van der Waals surface area contributed by atoms with Crippen LogP contribution in [0.5, 0.6) is 17.2 Å². The molecule has 0 saturated heterocycles. The van der Waals surface area contributed by atoms with Gasteiger partial charge in [-0.3, -0.25) is 4.79 Å². The minimum Gasteiger partial charge on any atom is -0.486 e. The van der Waals surface area contributed by atoms with E-state index < -0.39 is 0 Å². The summed E-state index contributed by atoms with van der Waals surface area (Å²) in [6.07, 6.45) is 0. The van der Waals surface area contributed by atoms with Gasteiger partial charge in [-0.2, -0.15) is 0 Å². The quantitative estimate of drug-likeness (QED) is 0.870. The maximum absolute atomic E-state index is 12.2. The van der Waals surface area contributed by atoms with Crippen LogP contribution in [0.25, 0.3) is 0 Å². The van der Waals surface area contributed by atoms with Crippen molar-refractivity contribution in [2.45, 2.75) is 0 Å². The van der Waals surface area contributed by atoms with Crippen molar-refractivity contribution in [3.63, 3.8) is 0 Å². The molecule has 0 radical (unpaired) electrons. The van der Waals surface area contributed by atoms with Crippen molar-refractivity contribution in [2.24, 2.45) is 0 Å². The van der Waals surface area contributed by atoms with Crippen LogP contribution < -0.4 is 19.1 Å². The highest BCUT2D eigenvalue weighted by atomic mass is 16.6. The first-order valence-corrected chi connectivity index (χ1v) is 7.08. The van der Waals surface area contributed by atoms with Crippen LogP contribution in [0, 0.1) is 0 Å². The molecule has 5 heteroatoms. The Morgan fingerprint density at radius 3 is 2.59 bits per heavy atom. The molecule has 0 fully saturated rings. The molecule has 0 aromatic heterocycles. The monoisotopic (exact) mass is 299 g/mol. The molecule has 1 aliphatic heterocycles. The second-order valence-corrected chi connectivity index (χ2v) is 4.88. The van der Waals surface area contributed by atoms with Crippen molar-refractivity contribution in [2.75, 3.05) is 31.8 Å². The normalized spacial score (nSPS) is 12.6. The molecule has 114 valence electrons. The van der Waals surface area contributed by atoms with Gasteiger partial charge in [0.15, 0.2) is 18.1 Å². The van der Waals surface area contributed by atoms with Crippen LogP contribution >= 0.6 is 0 Å². The maximum atomic E-state index is 12.2. The molecule has 2 aromatic carbocycles. The Bertz CT molecular complexity index is 657. The van der Waals surface area contributed by atoms with Gasteiger partial charge < -0.3 is 19.1 Å². The number of ether oxygens (including phenoxy) is 3. The van der Waals surface area contributed by atoms with Crippen molar-refractivity contribution in [1.82, 2.24) is 0 Å². The lowest BCUT2D eigenvalue weighted by molar-refractivity contribution is -0.120. The predicted molar refractivity (Wildman–Crippen MR) is 82.8 cm³/mol. The number of fused-ring (bicyclic) bond motifs is 1. The number of benzene rings is 2. The van der Waals surface area contributed by atoms with Crippen LogP contribution in [0.4, 0.5) is 5.69 Å². The van der Waals surface area contributed by atoms with E-state index in [-0.39, 0.29) is 12.5 Å². The Kier molecular flexibility index (Phi) is 4.14. The molecule has 0 bridgehead atoms. The third-order valence-corrected chi connectivity index (χ3v) is 3.39. The number of hydrogen-bond donors (Lipinski definition) is 0. The number of carbonyl (C=O) groups excluding carboxylic acids is 1. The summed E-state index contributed by atoms with van der Waals surface area (Å²) in [6, 6.07) is 14.7. The highest BCUT2D eigenvalue weighted by molar-refractivity contribution is 5.93. The third-order valence-electron chi connectivity index (χ3n) is 3.39. The molecule has 0 unspecified atom stereocenters. The van der Waals surface area contributed by atoms with Gasteiger partial charge >= 0.3 is 0 Å². The molecule has 2 aromatic rings. The Hall–Kier alpha value is -2.69. The highest BCUT2D eigenvalue weighted by Crippen LogP contribution is 2.33. The third kappa shape index (κ3) is 3.14. The van der Waals surface area contributed by atoms with Crippen molar-refractivity contribution in [1.29, 1.82) is 0 Å². The molecule has 1 aliphatic rings. The summed E-state index contributed by atoms with van der Waals surface area (Å²) in [5.41, 5.74) is 0.832. The number of carbonyl (C=O) groups is 1. The summed E-state index contributed by atoms with van der Waals surface area (Å²) in [7, 11) is 1.73. The molecule has 0 saturated carbocycles. The summed E-state index contributed by atoms with van der Waals surface area (Å²) in [6.45, 7) is 1.03. The Labute approximate surface area is 129 Å². The number of rotatable bonds is 4. The summed E-state index contributed by atoms with van der Waals surface area (Å²) >= 11 is 0. The molecule has 1 heterocycles. The Balaban J connectivity index is 1.61. The van der Waals surface area contributed by atoms with E-state index >= 15 is 0 Å². The van der Waals surface area contributed by atoms with Gasteiger partial charge in [0, 0.05) is 18.8 Å². The second kappa shape index (κ2) is 6.39. The first-order valence-electron chi connectivity index (χ1n) is 7.08. The van der Waals surface area contributed by atoms with Crippen LogP contribution in [0.3, 0.4) is 0 Å². The molecule has 22 heavy (non-hydrogen) atoms. The van der Waals surface area contributed by atoms with Crippen LogP contribution in [0.1, 0.15) is 0 Å². The first kappa shape index (κ1) is 14.3. The van der Waals surface area contributed by atoms with Crippen molar-refractivity contribution < 1.29 is 19.0 Å². The van der Waals surface area contributed by atoms with E-state index in [1.165, 1.54) is 0 Å². The topological polar surface area (TPSA) is 48.0 Å². The van der Waals surface area contributed by atoms with E-state index in [0.717, 1.165) is 5.69 Å². The SMILES string of the molecule is CN(C(=O)COc1ccc2c(c1)OCCO2)c1ccccc1. The lowest BCUT2D eigenvalue weighted by Crippen LogP contribution is -2.31. The van der Waals surface area contributed by atoms with Crippen molar-refractivity contribution in [3.05, 3.63) is 48.5 Å². The van der Waals surface area contributed by atoms with Crippen LogP contribution in [-0.4, -0.2) is 32.8 Å². The molecule has 3 rings (SSSR count). The van der Waals surface area contributed by atoms with Gasteiger partial charge in [-0.1, -0.05) is 18.2 Å². The van der Waals surface area contributed by atoms with Crippen molar-refractivity contribution >= 4 is 11.6 Å². The fraction of sp³-hybridized carbons (Fsp3) is 0.235. The molecule has 0 aliphatic carbocycles. The zero-order chi connectivity index (χ0) is 15.4. The molecular formula is C17H17NO4. The number of hydrogen-bond acceptors (Lipinski definition) is 4. The van der Waals surface area contributed by atoms with E-state index in [9.17, 15) is 4.79 Å². The van der Waals surface area contributed by atoms with E-state index in [1.807, 2.05) is 30.3 Å². The van der Waals surface area contributed by atoms with Crippen LogP contribution in [0.15, 0.2) is 48.5 Å². The average molecular weight is 299 g/mol. The van der Waals surface area contributed by atoms with E-state index in [1.54, 1.807) is 30.1 Å². The van der Waals surface area contributed by atoms with E-state index in [2.05, 4.69) is 0 Å². The number of likely N-dealkylation sites (N-methyl/N-ethyl adjacent to an activating group) is 1. The Morgan fingerprint density at radius 1 is 1.09 bits per heavy atom. The minimum absolute atomic E-state index is 0.0367. The fourth-order valence-electron chi connectivity index (χ4n) is 2.15. The van der Waals surface area contributed by atoms with Gasteiger partial charge in [0.25, 0.3) is 5.91 Å². The second-order valence-electron chi connectivity index (χ2n) is 4.88. The fourth-order valence-corrected chi connectivity index (χ4v) is 2.15. The lowest BCUT2D eigenvalue weighted by atomic mass is 10.3. The van der Waals surface area contributed by atoms with E-state index in [4.69, 9.17) is 14.2 Å². The predicted octanol–water partition coefficient (Wildman–Crippen LogP) is 2.50. The van der Waals surface area contributed by atoms with Gasteiger partial charge in [0.2, 0.25) is 0 Å². The zero-order valence-corrected chi connectivity index (χ0v) is 12.3. The standard InChI is InChI=1S/C17H17NO4/c1-18(13-5-3-2-4-6-13)17(19)12-22-14-7-8-15-16(11-14)21-10-9-20-15/h2-8,11H,9-10,12H2,1H3. The molecule has 1 amide bonds. The average Bonchev–Trinajstić information content (AvgIpc) is 2.59. The van der Waals surface area contributed by atoms with E-state index in [0.29, 0.717) is 30.5 Å². The van der Waals surface area contributed by atoms with Crippen molar-refractivity contribution in [3.8, 4) is 17.2 Å². The summed E-state index contributed by atoms with van der Waals surface area (Å²) in [5, 5.41) is 0. The number of anilines is 1. The smallest absolute Gasteiger partial charge is 0.264 e. The maximum Gasteiger partial charge on any atom is 0.264 e. The van der Waals surface area contributed by atoms with Gasteiger partial charge in [-0.25, -0.2) is 0 Å². The van der Waals surface area contributed by atoms with Gasteiger partial charge in [0.05, 0.1) is 0 Å². The number of para-hydroxylation sites is 1. The highest BCUT2D eigenvalue weighted by Gasteiger charge is 2.14. The Morgan fingerprint density at radius 2 is 1.82 bits per heavy atom. The summed E-state index contributed by atoms with van der Waals surface area (Å²) in [5.74, 6) is 1.80. The molecule has 0 atom stereocenters. The zero-order valence-electron chi connectivity index (χ0n) is 12.3. The summed E-state index contributed by atoms with van der Waals surface area (Å²) < 4.78 is 16.5. The van der Waals surface area contributed by atoms with Gasteiger partial charge in [0.1, 0.15) is 19.0 Å². The lowest BCUT2D eigenvalue weighted by Gasteiger charge is -2.20.